The summed E-state index contributed by atoms with van der Waals surface area (Å²) in [5.74, 6) is 0. The molecule has 0 spiro atoms. The zero-order chi connectivity index (χ0) is 5.86. The zero-order valence-corrected chi connectivity index (χ0v) is 5.51. The maximum absolute atomic E-state index is 8.53. The summed E-state index contributed by atoms with van der Waals surface area (Å²) in [5, 5.41) is 16.5. The summed E-state index contributed by atoms with van der Waals surface area (Å²) < 4.78 is 0. The SMILES string of the molecule is CC(Br)C(O)C#N. The van der Waals surface area contributed by atoms with Gasteiger partial charge in [0.2, 0.25) is 0 Å². The van der Waals surface area contributed by atoms with E-state index in [1.165, 1.54) is 0 Å². The Kier molecular flexibility index (Phi) is 2.97. The molecule has 0 aromatic heterocycles. The van der Waals surface area contributed by atoms with Gasteiger partial charge in [0.25, 0.3) is 0 Å². The Morgan fingerprint density at radius 3 is 2.29 bits per heavy atom. The van der Waals surface area contributed by atoms with E-state index in [-0.39, 0.29) is 4.83 Å². The van der Waals surface area contributed by atoms with Gasteiger partial charge in [-0.05, 0) is 6.92 Å². The summed E-state index contributed by atoms with van der Waals surface area (Å²) in [6.07, 6.45) is -0.875. The second-order valence-corrected chi connectivity index (χ2v) is 2.70. The molecule has 2 nitrogen and oxygen atoms in total. The lowest BCUT2D eigenvalue weighted by Gasteiger charge is -1.99. The Bertz CT molecular complexity index is 86.2. The first-order valence-electron chi connectivity index (χ1n) is 1.90. The van der Waals surface area contributed by atoms with E-state index >= 15 is 0 Å². The van der Waals surface area contributed by atoms with E-state index in [1.807, 2.05) is 0 Å². The van der Waals surface area contributed by atoms with Gasteiger partial charge in [0.1, 0.15) is 0 Å². The van der Waals surface area contributed by atoms with Crippen LogP contribution in [0.15, 0.2) is 0 Å². The molecule has 0 aliphatic heterocycles. The molecule has 1 N–H and O–H groups in total. The quantitative estimate of drug-likeness (QED) is 0.456. The third kappa shape index (κ3) is 2.60. The molecule has 2 atom stereocenters. The van der Waals surface area contributed by atoms with Crippen LogP contribution in [0.1, 0.15) is 6.92 Å². The van der Waals surface area contributed by atoms with Crippen molar-refractivity contribution in [3.63, 3.8) is 0 Å². The van der Waals surface area contributed by atoms with Crippen LogP contribution in [-0.4, -0.2) is 16.0 Å². The maximum atomic E-state index is 8.53. The van der Waals surface area contributed by atoms with Gasteiger partial charge in [-0.1, -0.05) is 15.9 Å². The molecular weight excluding hydrogens is 158 g/mol. The number of nitrogens with zero attached hydrogens (tertiary/aromatic N) is 1. The smallest absolute Gasteiger partial charge is 0.152 e. The molecule has 0 heterocycles. The highest BCUT2D eigenvalue weighted by Gasteiger charge is 2.06. The van der Waals surface area contributed by atoms with Crippen LogP contribution in [0.2, 0.25) is 0 Å². The molecular formula is C4H6BrNO. The minimum atomic E-state index is -0.875. The van der Waals surface area contributed by atoms with Crippen LogP contribution < -0.4 is 0 Å². The first kappa shape index (κ1) is 6.93. The second-order valence-electron chi connectivity index (χ2n) is 1.25. The molecule has 0 saturated carbocycles. The van der Waals surface area contributed by atoms with Crippen LogP contribution >= 0.6 is 15.9 Å². The van der Waals surface area contributed by atoms with Crippen LogP contribution in [-0.2, 0) is 0 Å². The zero-order valence-electron chi connectivity index (χ0n) is 3.93. The van der Waals surface area contributed by atoms with Gasteiger partial charge >= 0.3 is 0 Å². The molecule has 7 heavy (non-hydrogen) atoms. The summed E-state index contributed by atoms with van der Waals surface area (Å²) in [5.41, 5.74) is 0. The van der Waals surface area contributed by atoms with Gasteiger partial charge in [-0.2, -0.15) is 5.26 Å². The van der Waals surface area contributed by atoms with Gasteiger partial charge in [-0.25, -0.2) is 0 Å². The fraction of sp³-hybridized carbons (Fsp3) is 0.750. The monoisotopic (exact) mass is 163 g/mol. The topological polar surface area (TPSA) is 44.0 Å². The van der Waals surface area contributed by atoms with Gasteiger partial charge < -0.3 is 5.11 Å². The van der Waals surface area contributed by atoms with Gasteiger partial charge in [-0.3, -0.25) is 0 Å². The highest BCUT2D eigenvalue weighted by Crippen LogP contribution is 2.01. The molecule has 3 heteroatoms. The van der Waals surface area contributed by atoms with Gasteiger partial charge in [0.05, 0.1) is 10.9 Å². The molecule has 0 saturated heterocycles. The van der Waals surface area contributed by atoms with Crippen molar-refractivity contribution in [3.05, 3.63) is 0 Å². The molecule has 40 valence electrons. The van der Waals surface area contributed by atoms with Crippen molar-refractivity contribution < 1.29 is 5.11 Å². The van der Waals surface area contributed by atoms with Crippen LogP contribution in [0.5, 0.6) is 0 Å². The number of hydrogen-bond donors (Lipinski definition) is 1. The van der Waals surface area contributed by atoms with E-state index in [4.69, 9.17) is 10.4 Å². The van der Waals surface area contributed by atoms with E-state index in [0.717, 1.165) is 0 Å². The minimum absolute atomic E-state index is 0.127. The number of nitriles is 1. The van der Waals surface area contributed by atoms with E-state index in [1.54, 1.807) is 13.0 Å². The Hall–Kier alpha value is -0.0700. The van der Waals surface area contributed by atoms with Gasteiger partial charge in [0.15, 0.2) is 6.10 Å². The molecule has 0 radical (unpaired) electrons. The van der Waals surface area contributed by atoms with Crippen LogP contribution in [0.4, 0.5) is 0 Å². The van der Waals surface area contributed by atoms with Crippen molar-refractivity contribution in [2.24, 2.45) is 0 Å². The van der Waals surface area contributed by atoms with Crippen molar-refractivity contribution >= 4 is 15.9 Å². The largest absolute Gasteiger partial charge is 0.377 e. The van der Waals surface area contributed by atoms with Crippen LogP contribution in [0, 0.1) is 11.3 Å². The van der Waals surface area contributed by atoms with E-state index in [9.17, 15) is 0 Å². The summed E-state index contributed by atoms with van der Waals surface area (Å²) in [7, 11) is 0. The Balaban J connectivity index is 3.40. The lowest BCUT2D eigenvalue weighted by molar-refractivity contribution is 0.233. The summed E-state index contributed by atoms with van der Waals surface area (Å²) in [6.45, 7) is 1.72. The molecule has 0 aliphatic rings. The predicted octanol–water partition coefficient (Wildman–Crippen LogP) is 0.654. The average Bonchev–Trinajstić information content (AvgIpc) is 1.65. The van der Waals surface area contributed by atoms with Gasteiger partial charge in [0, 0.05) is 0 Å². The third-order valence-corrected chi connectivity index (χ3v) is 1.07. The molecule has 0 amide bonds. The number of aliphatic hydroxyl groups is 1. The Morgan fingerprint density at radius 2 is 2.29 bits per heavy atom. The van der Waals surface area contributed by atoms with Gasteiger partial charge in [-0.15, -0.1) is 0 Å². The highest BCUT2D eigenvalue weighted by atomic mass is 79.9. The van der Waals surface area contributed by atoms with Crippen molar-refractivity contribution in [1.82, 2.24) is 0 Å². The standard InChI is InChI=1S/C4H6BrNO/c1-3(5)4(7)2-6/h3-4,7H,1H3. The number of alkyl halides is 1. The molecule has 0 aromatic carbocycles. The van der Waals surface area contributed by atoms with Crippen molar-refractivity contribution in [1.29, 1.82) is 5.26 Å². The molecule has 0 aromatic rings. The van der Waals surface area contributed by atoms with Crippen molar-refractivity contribution in [2.45, 2.75) is 17.9 Å². The van der Waals surface area contributed by atoms with Crippen molar-refractivity contribution in [2.75, 3.05) is 0 Å². The predicted molar refractivity (Wildman–Crippen MR) is 30.0 cm³/mol. The number of halogens is 1. The average molecular weight is 164 g/mol. The molecule has 2 unspecified atom stereocenters. The fourth-order valence-corrected chi connectivity index (χ4v) is 0.221. The Labute approximate surface area is 50.9 Å². The summed E-state index contributed by atoms with van der Waals surface area (Å²) >= 11 is 3.03. The third-order valence-electron chi connectivity index (χ3n) is 0.567. The first-order valence-corrected chi connectivity index (χ1v) is 2.82. The normalized spacial score (nSPS) is 17.4. The van der Waals surface area contributed by atoms with Crippen LogP contribution in [0.25, 0.3) is 0 Å². The fourth-order valence-electron chi connectivity index (χ4n) is 0.103. The lowest BCUT2D eigenvalue weighted by Crippen LogP contribution is -2.13. The number of hydrogen-bond acceptors (Lipinski definition) is 2. The lowest BCUT2D eigenvalue weighted by atomic mass is 10.3. The van der Waals surface area contributed by atoms with E-state index in [0.29, 0.717) is 0 Å². The highest BCUT2D eigenvalue weighted by molar-refractivity contribution is 9.09. The molecule has 0 aliphatic carbocycles. The van der Waals surface area contributed by atoms with Crippen molar-refractivity contribution in [3.8, 4) is 6.07 Å². The minimum Gasteiger partial charge on any atom is -0.377 e. The molecule has 0 fully saturated rings. The Morgan fingerprint density at radius 1 is 1.86 bits per heavy atom. The molecule has 0 bridgehead atoms. The van der Waals surface area contributed by atoms with Crippen LogP contribution in [0.3, 0.4) is 0 Å². The maximum Gasteiger partial charge on any atom is 0.152 e. The summed E-state index contributed by atoms with van der Waals surface area (Å²) in [6, 6.07) is 1.67. The number of aliphatic hydroxyl groups excluding tert-OH is 1. The molecule has 0 rings (SSSR count). The summed E-state index contributed by atoms with van der Waals surface area (Å²) in [4.78, 5) is -0.127. The van der Waals surface area contributed by atoms with E-state index < -0.39 is 6.10 Å². The second kappa shape index (κ2) is 3.00. The first-order chi connectivity index (χ1) is 3.18. The number of rotatable bonds is 1. The van der Waals surface area contributed by atoms with E-state index in [2.05, 4.69) is 15.9 Å².